The number of amides is 1. The zero-order valence-electron chi connectivity index (χ0n) is 21.9. The van der Waals surface area contributed by atoms with E-state index in [0.29, 0.717) is 12.1 Å². The molecule has 2 unspecified atom stereocenters. The standard InChI is InChI=1S/C29H37N7O/c1-20-15-26(33-21(2)23-6-8-25(9-7-23)34-22(3)37)12-14-35(20)13-4-5-24-17-30-29-11-10-27(16-28(24)29)36-18-31-32-19-36/h6-11,16-21,26,30,33H,4-5,12-15H2,1-3H3,(H,34,37)/t20?,21-,26?/m0/s1. The van der Waals surface area contributed by atoms with E-state index in [1.165, 1.54) is 29.0 Å². The number of aryl methyl sites for hydroxylation is 1. The van der Waals surface area contributed by atoms with Crippen LogP contribution in [-0.4, -0.2) is 55.7 Å². The van der Waals surface area contributed by atoms with Crippen LogP contribution < -0.4 is 10.6 Å². The Kier molecular flexibility index (Phi) is 7.67. The highest BCUT2D eigenvalue weighted by molar-refractivity contribution is 5.88. The minimum Gasteiger partial charge on any atom is -0.361 e. The predicted octanol–water partition coefficient (Wildman–Crippen LogP) is 4.84. The molecule has 0 aliphatic carbocycles. The zero-order chi connectivity index (χ0) is 25.8. The number of aromatic amines is 1. The number of nitrogens with one attached hydrogen (secondary N) is 3. The summed E-state index contributed by atoms with van der Waals surface area (Å²) in [5, 5.41) is 15.8. The van der Waals surface area contributed by atoms with Gasteiger partial charge in [0, 0.05) is 53.5 Å². The van der Waals surface area contributed by atoms with Gasteiger partial charge in [-0.15, -0.1) is 10.2 Å². The summed E-state index contributed by atoms with van der Waals surface area (Å²) < 4.78 is 1.94. The van der Waals surface area contributed by atoms with Crippen LogP contribution in [0.5, 0.6) is 0 Å². The van der Waals surface area contributed by atoms with E-state index < -0.39 is 0 Å². The number of aromatic nitrogens is 4. The van der Waals surface area contributed by atoms with Crippen molar-refractivity contribution in [2.75, 3.05) is 18.4 Å². The summed E-state index contributed by atoms with van der Waals surface area (Å²) in [5.41, 5.74) is 5.71. The number of rotatable bonds is 9. The molecule has 1 saturated heterocycles. The fourth-order valence-corrected chi connectivity index (χ4v) is 5.55. The number of carbonyl (C=O) groups is 1. The molecule has 4 aromatic rings. The Bertz CT molecular complexity index is 1310. The molecule has 1 aliphatic heterocycles. The number of hydrogen-bond acceptors (Lipinski definition) is 5. The van der Waals surface area contributed by atoms with Gasteiger partial charge in [0.2, 0.25) is 5.91 Å². The maximum Gasteiger partial charge on any atom is 0.221 e. The molecule has 1 amide bonds. The molecule has 5 rings (SSSR count). The van der Waals surface area contributed by atoms with Crippen molar-refractivity contribution < 1.29 is 4.79 Å². The molecule has 37 heavy (non-hydrogen) atoms. The van der Waals surface area contributed by atoms with Crippen LogP contribution in [-0.2, 0) is 11.2 Å². The van der Waals surface area contributed by atoms with E-state index in [-0.39, 0.29) is 11.9 Å². The summed E-state index contributed by atoms with van der Waals surface area (Å²) >= 11 is 0. The smallest absolute Gasteiger partial charge is 0.221 e. The van der Waals surface area contributed by atoms with E-state index in [2.05, 4.69) is 81.1 Å². The number of fused-ring (bicyclic) bond motifs is 1. The Morgan fingerprint density at radius 2 is 1.95 bits per heavy atom. The minimum atomic E-state index is -0.0429. The molecule has 0 radical (unpaired) electrons. The molecule has 2 aromatic heterocycles. The van der Waals surface area contributed by atoms with Gasteiger partial charge in [-0.25, -0.2) is 0 Å². The molecule has 3 N–H and O–H groups in total. The third-order valence-corrected chi connectivity index (χ3v) is 7.59. The summed E-state index contributed by atoms with van der Waals surface area (Å²) in [6.45, 7) is 8.35. The highest BCUT2D eigenvalue weighted by Gasteiger charge is 2.26. The number of anilines is 1. The average molecular weight is 500 g/mol. The maximum absolute atomic E-state index is 11.2. The second-order valence-electron chi connectivity index (χ2n) is 10.3. The van der Waals surface area contributed by atoms with Crippen molar-refractivity contribution in [2.24, 2.45) is 0 Å². The van der Waals surface area contributed by atoms with Crippen LogP contribution in [0.15, 0.2) is 61.3 Å². The highest BCUT2D eigenvalue weighted by atomic mass is 16.1. The Morgan fingerprint density at radius 1 is 1.16 bits per heavy atom. The molecule has 2 aromatic carbocycles. The molecule has 3 atom stereocenters. The number of piperidine rings is 1. The van der Waals surface area contributed by atoms with Crippen LogP contribution in [0.3, 0.4) is 0 Å². The van der Waals surface area contributed by atoms with Crippen molar-refractivity contribution in [3.63, 3.8) is 0 Å². The van der Waals surface area contributed by atoms with Gasteiger partial charge < -0.3 is 20.5 Å². The van der Waals surface area contributed by atoms with E-state index in [4.69, 9.17) is 0 Å². The first-order chi connectivity index (χ1) is 18.0. The number of nitrogens with zero attached hydrogens (tertiary/aromatic N) is 4. The first kappa shape index (κ1) is 25.2. The van der Waals surface area contributed by atoms with E-state index in [1.807, 2.05) is 16.7 Å². The van der Waals surface area contributed by atoms with Crippen LogP contribution in [0.25, 0.3) is 16.6 Å². The fourth-order valence-electron chi connectivity index (χ4n) is 5.55. The fraction of sp³-hybridized carbons (Fsp3) is 0.414. The largest absolute Gasteiger partial charge is 0.361 e. The molecule has 0 saturated carbocycles. The second-order valence-corrected chi connectivity index (χ2v) is 10.3. The molecule has 0 spiro atoms. The van der Waals surface area contributed by atoms with E-state index in [9.17, 15) is 4.79 Å². The van der Waals surface area contributed by atoms with Gasteiger partial charge in [0.1, 0.15) is 12.7 Å². The van der Waals surface area contributed by atoms with Gasteiger partial charge in [-0.1, -0.05) is 12.1 Å². The monoisotopic (exact) mass is 499 g/mol. The number of hydrogen-bond donors (Lipinski definition) is 3. The normalized spacial score (nSPS) is 19.2. The lowest BCUT2D eigenvalue weighted by Gasteiger charge is -2.39. The maximum atomic E-state index is 11.2. The van der Waals surface area contributed by atoms with Crippen molar-refractivity contribution in [3.8, 4) is 5.69 Å². The van der Waals surface area contributed by atoms with Crippen LogP contribution in [0, 0.1) is 0 Å². The van der Waals surface area contributed by atoms with E-state index in [0.717, 1.165) is 50.1 Å². The molecule has 194 valence electrons. The molecule has 3 heterocycles. The first-order valence-electron chi connectivity index (χ1n) is 13.3. The van der Waals surface area contributed by atoms with Gasteiger partial charge in [-0.05, 0) is 94.1 Å². The number of likely N-dealkylation sites (tertiary alicyclic amines) is 1. The first-order valence-corrected chi connectivity index (χ1v) is 13.3. The topological polar surface area (TPSA) is 90.9 Å². The van der Waals surface area contributed by atoms with Gasteiger partial charge in [0.05, 0.1) is 0 Å². The molecule has 0 bridgehead atoms. The van der Waals surface area contributed by atoms with Crippen LogP contribution in [0.1, 0.15) is 57.2 Å². The summed E-state index contributed by atoms with van der Waals surface area (Å²) in [4.78, 5) is 17.3. The Labute approximate surface area is 218 Å². The Morgan fingerprint density at radius 3 is 2.68 bits per heavy atom. The van der Waals surface area contributed by atoms with Gasteiger partial charge in [0.25, 0.3) is 0 Å². The van der Waals surface area contributed by atoms with Gasteiger partial charge in [-0.3, -0.25) is 9.36 Å². The lowest BCUT2D eigenvalue weighted by Crippen LogP contribution is -2.48. The van der Waals surface area contributed by atoms with Crippen LogP contribution in [0.2, 0.25) is 0 Å². The van der Waals surface area contributed by atoms with Gasteiger partial charge in [-0.2, -0.15) is 0 Å². The predicted molar refractivity (Wildman–Crippen MR) is 148 cm³/mol. The third kappa shape index (κ3) is 6.09. The van der Waals surface area contributed by atoms with Crippen molar-refractivity contribution in [1.82, 2.24) is 30.0 Å². The quantitative estimate of drug-likeness (QED) is 0.306. The third-order valence-electron chi connectivity index (χ3n) is 7.59. The lowest BCUT2D eigenvalue weighted by atomic mass is 9.96. The summed E-state index contributed by atoms with van der Waals surface area (Å²) in [6.07, 6.45) is 10.1. The Balaban J connectivity index is 1.10. The van der Waals surface area contributed by atoms with Crippen LogP contribution in [0.4, 0.5) is 5.69 Å². The van der Waals surface area contributed by atoms with Gasteiger partial charge >= 0.3 is 0 Å². The molecular formula is C29H37N7O. The highest BCUT2D eigenvalue weighted by Crippen LogP contribution is 2.25. The molecule has 8 heteroatoms. The number of carbonyl (C=O) groups excluding carboxylic acids is 1. The van der Waals surface area contributed by atoms with Crippen molar-refractivity contribution in [2.45, 2.75) is 64.6 Å². The van der Waals surface area contributed by atoms with Gasteiger partial charge in [0.15, 0.2) is 0 Å². The Hall–Kier alpha value is -3.49. The van der Waals surface area contributed by atoms with E-state index in [1.54, 1.807) is 12.7 Å². The molecular weight excluding hydrogens is 462 g/mol. The zero-order valence-corrected chi connectivity index (χ0v) is 21.9. The average Bonchev–Trinajstić information content (AvgIpc) is 3.56. The van der Waals surface area contributed by atoms with Crippen LogP contribution >= 0.6 is 0 Å². The summed E-state index contributed by atoms with van der Waals surface area (Å²) in [6, 6.07) is 15.9. The van der Waals surface area contributed by atoms with Crippen molar-refractivity contribution in [1.29, 1.82) is 0 Å². The summed E-state index contributed by atoms with van der Waals surface area (Å²) in [7, 11) is 0. The lowest BCUT2D eigenvalue weighted by molar-refractivity contribution is -0.114. The number of H-pyrrole nitrogens is 1. The SMILES string of the molecule is CC(=O)Nc1ccc([C@H](C)NC2CCN(CCCc3c[nH]c4ccc(-n5cnnc5)cc34)C(C)C2)cc1. The van der Waals surface area contributed by atoms with E-state index >= 15 is 0 Å². The molecule has 1 aliphatic rings. The van der Waals surface area contributed by atoms with Crippen molar-refractivity contribution in [3.05, 3.63) is 72.4 Å². The van der Waals surface area contributed by atoms with Crippen molar-refractivity contribution >= 4 is 22.5 Å². The molecule has 1 fully saturated rings. The number of benzene rings is 2. The summed E-state index contributed by atoms with van der Waals surface area (Å²) in [5.74, 6) is -0.0429. The molecule has 8 nitrogen and oxygen atoms in total. The second kappa shape index (κ2) is 11.3. The minimum absolute atomic E-state index is 0.0429.